The van der Waals surface area contributed by atoms with E-state index in [0.717, 1.165) is 11.3 Å². The van der Waals surface area contributed by atoms with Crippen LogP contribution in [0.3, 0.4) is 0 Å². The molecular formula is C28H29FN4O3S. The van der Waals surface area contributed by atoms with Gasteiger partial charge in [-0.1, -0.05) is 19.1 Å². The van der Waals surface area contributed by atoms with Gasteiger partial charge in [-0.2, -0.15) is 10.5 Å². The predicted octanol–water partition coefficient (Wildman–Crippen LogP) is 4.87. The van der Waals surface area contributed by atoms with Crippen LogP contribution >= 0.6 is 11.3 Å². The van der Waals surface area contributed by atoms with Crippen molar-refractivity contribution in [3.05, 3.63) is 46.6 Å². The van der Waals surface area contributed by atoms with E-state index >= 15 is 0 Å². The molecule has 2 bridgehead atoms. The molecule has 7 atom stereocenters. The highest BCUT2D eigenvalue weighted by atomic mass is 32.1. The van der Waals surface area contributed by atoms with Gasteiger partial charge in [-0.15, -0.1) is 11.3 Å². The molecule has 3 aliphatic rings. The van der Waals surface area contributed by atoms with Gasteiger partial charge in [0.05, 0.1) is 6.07 Å². The molecule has 7 nitrogen and oxygen atoms in total. The Kier molecular flexibility index (Phi) is 6.24. The third-order valence-electron chi connectivity index (χ3n) is 7.86. The number of carbonyl (C=O) groups excluding carboxylic acids is 2. The molecule has 3 fully saturated rings. The maximum absolute atomic E-state index is 15.0. The van der Waals surface area contributed by atoms with Gasteiger partial charge in [-0.05, 0) is 80.2 Å². The van der Waals surface area contributed by atoms with E-state index in [0.29, 0.717) is 33.8 Å². The number of hydrogen-bond donors (Lipinski definition) is 1. The minimum Gasteiger partial charge on any atom is -0.444 e. The van der Waals surface area contributed by atoms with Crippen molar-refractivity contribution in [2.75, 3.05) is 0 Å². The SMILES string of the molecule is C[C@@H]1C2[C@@H]1[C@H]1C[C@@H]2N(C(=O)OC(C)(C)C)[C@@H]1C(=O)N[C@H](C#N)Cc1ccc(-c2ccc(C#N)s2)cc1F. The van der Waals surface area contributed by atoms with Gasteiger partial charge in [0.15, 0.2) is 0 Å². The van der Waals surface area contributed by atoms with Crippen LogP contribution in [0, 0.1) is 52.2 Å². The van der Waals surface area contributed by atoms with E-state index in [1.807, 2.05) is 0 Å². The van der Waals surface area contributed by atoms with Crippen LogP contribution in [-0.2, 0) is 16.0 Å². The third-order valence-corrected chi connectivity index (χ3v) is 8.89. The molecule has 1 unspecified atom stereocenters. The average Bonchev–Trinajstić information content (AvgIpc) is 3.24. The summed E-state index contributed by atoms with van der Waals surface area (Å²) in [6.07, 6.45) is 0.263. The van der Waals surface area contributed by atoms with Crippen molar-refractivity contribution in [2.45, 2.75) is 64.3 Å². The lowest BCUT2D eigenvalue weighted by Crippen LogP contribution is -2.56. The molecule has 2 aliphatic carbocycles. The average molecular weight is 521 g/mol. The molecule has 2 heterocycles. The summed E-state index contributed by atoms with van der Waals surface area (Å²) < 4.78 is 20.6. The second kappa shape index (κ2) is 9.15. The molecular weight excluding hydrogens is 491 g/mol. The van der Waals surface area contributed by atoms with Crippen molar-refractivity contribution in [1.29, 1.82) is 10.5 Å². The Balaban J connectivity index is 1.30. The zero-order valence-corrected chi connectivity index (χ0v) is 22.0. The van der Waals surface area contributed by atoms with E-state index in [9.17, 15) is 19.2 Å². The van der Waals surface area contributed by atoms with Gasteiger partial charge in [0, 0.05) is 17.3 Å². The number of ether oxygens (including phenoxy) is 1. The number of rotatable bonds is 5. The van der Waals surface area contributed by atoms with Crippen LogP contribution in [0.25, 0.3) is 10.4 Å². The number of amides is 2. The molecule has 9 heteroatoms. The topological polar surface area (TPSA) is 106 Å². The lowest BCUT2D eigenvalue weighted by atomic mass is 9.94. The monoisotopic (exact) mass is 520 g/mol. The summed E-state index contributed by atoms with van der Waals surface area (Å²) in [5, 5.41) is 21.6. The number of thiophene rings is 1. The summed E-state index contributed by atoms with van der Waals surface area (Å²) >= 11 is 1.28. The molecule has 1 N–H and O–H groups in total. The Morgan fingerprint density at radius 1 is 1.24 bits per heavy atom. The van der Waals surface area contributed by atoms with E-state index < -0.39 is 29.6 Å². The summed E-state index contributed by atoms with van der Waals surface area (Å²) in [5.74, 6) is 0.429. The van der Waals surface area contributed by atoms with Gasteiger partial charge in [-0.25, -0.2) is 9.18 Å². The largest absolute Gasteiger partial charge is 0.444 e. The number of nitriles is 2. The number of nitrogens with zero attached hydrogens (tertiary/aromatic N) is 3. The fraction of sp³-hybridized carbons (Fsp3) is 0.500. The number of benzene rings is 1. The number of nitrogens with one attached hydrogen (secondary N) is 1. The summed E-state index contributed by atoms with van der Waals surface area (Å²) in [6.45, 7) is 7.54. The molecule has 2 saturated carbocycles. The zero-order valence-electron chi connectivity index (χ0n) is 21.2. The minimum absolute atomic E-state index is 0.00204. The van der Waals surface area contributed by atoms with Crippen molar-refractivity contribution < 1.29 is 18.7 Å². The fourth-order valence-corrected chi connectivity index (χ4v) is 7.16. The van der Waals surface area contributed by atoms with Gasteiger partial charge >= 0.3 is 6.09 Å². The Labute approximate surface area is 219 Å². The molecule has 2 aromatic rings. The first-order chi connectivity index (χ1) is 17.5. The molecule has 5 rings (SSSR count). The standard InChI is InChI=1S/C28H29FN4O3S/c1-14-23-19-11-21(24(14)23)33(27(35)36-28(2,3)4)25(19)26(34)32-17(12-30)9-15-5-6-16(10-20(15)29)22-8-7-18(13-31)37-22/h5-8,10,14,17,19,21,23-25H,9,11H2,1-4H3,(H,32,34)/t14-,17-,19+,21-,23-,24?,25-/m0/s1. The van der Waals surface area contributed by atoms with Crippen molar-refractivity contribution in [3.8, 4) is 22.6 Å². The van der Waals surface area contributed by atoms with Gasteiger partial charge in [0.2, 0.25) is 5.91 Å². The maximum Gasteiger partial charge on any atom is 0.411 e. The molecule has 192 valence electrons. The first-order valence-corrected chi connectivity index (χ1v) is 13.3. The maximum atomic E-state index is 15.0. The van der Waals surface area contributed by atoms with Crippen LogP contribution < -0.4 is 5.32 Å². The van der Waals surface area contributed by atoms with E-state index in [2.05, 4.69) is 24.4 Å². The molecule has 0 spiro atoms. The highest BCUT2D eigenvalue weighted by Crippen LogP contribution is 2.67. The quantitative estimate of drug-likeness (QED) is 0.606. The molecule has 37 heavy (non-hydrogen) atoms. The van der Waals surface area contributed by atoms with Crippen LogP contribution in [0.5, 0.6) is 0 Å². The number of halogens is 1. The highest BCUT2D eigenvalue weighted by Gasteiger charge is 2.71. The second-order valence-corrected chi connectivity index (χ2v) is 12.4. The molecule has 1 aromatic carbocycles. The Bertz CT molecular complexity index is 1340. The normalized spacial score (nSPS) is 28.1. The van der Waals surface area contributed by atoms with Crippen LogP contribution in [0.15, 0.2) is 30.3 Å². The molecule has 1 aromatic heterocycles. The number of hydrogen-bond acceptors (Lipinski definition) is 6. The predicted molar refractivity (Wildman–Crippen MR) is 136 cm³/mol. The minimum atomic E-state index is -0.952. The zero-order chi connectivity index (χ0) is 26.6. The van der Waals surface area contributed by atoms with E-state index in [-0.39, 0.29) is 24.3 Å². The molecule has 2 amide bonds. The van der Waals surface area contributed by atoms with Crippen molar-refractivity contribution in [3.63, 3.8) is 0 Å². The Morgan fingerprint density at radius 2 is 2.00 bits per heavy atom. The number of piperidine rings is 1. The van der Waals surface area contributed by atoms with E-state index in [1.165, 1.54) is 17.4 Å². The van der Waals surface area contributed by atoms with Crippen molar-refractivity contribution >= 4 is 23.3 Å². The number of likely N-dealkylation sites (tertiary alicyclic amines) is 1. The molecule has 1 saturated heterocycles. The van der Waals surface area contributed by atoms with Crippen LogP contribution in [0.1, 0.15) is 44.6 Å². The van der Waals surface area contributed by atoms with E-state index in [1.54, 1.807) is 49.9 Å². The lowest BCUT2D eigenvalue weighted by molar-refractivity contribution is -0.128. The van der Waals surface area contributed by atoms with Crippen molar-refractivity contribution in [2.24, 2.45) is 23.7 Å². The third kappa shape index (κ3) is 4.57. The van der Waals surface area contributed by atoms with Gasteiger partial charge < -0.3 is 10.1 Å². The first-order valence-electron chi connectivity index (χ1n) is 12.5. The number of carbonyl (C=O) groups is 2. The smallest absolute Gasteiger partial charge is 0.411 e. The number of fused-ring (bicyclic) bond motifs is 5. The van der Waals surface area contributed by atoms with Crippen LogP contribution in [0.2, 0.25) is 0 Å². The fourth-order valence-electron chi connectivity index (χ4n) is 6.36. The summed E-state index contributed by atoms with van der Waals surface area (Å²) in [4.78, 5) is 29.5. The van der Waals surface area contributed by atoms with E-state index in [4.69, 9.17) is 10.00 Å². The van der Waals surface area contributed by atoms with Crippen molar-refractivity contribution in [1.82, 2.24) is 10.2 Å². The van der Waals surface area contributed by atoms with Crippen LogP contribution in [-0.4, -0.2) is 40.6 Å². The summed E-state index contributed by atoms with van der Waals surface area (Å²) in [5.41, 5.74) is 0.265. The van der Waals surface area contributed by atoms with Gasteiger partial charge in [0.1, 0.15) is 34.4 Å². The molecule has 0 radical (unpaired) electrons. The Morgan fingerprint density at radius 3 is 2.62 bits per heavy atom. The highest BCUT2D eigenvalue weighted by molar-refractivity contribution is 7.16. The first kappa shape index (κ1) is 25.2. The Hall–Kier alpha value is -3.43. The molecule has 1 aliphatic heterocycles. The summed E-state index contributed by atoms with van der Waals surface area (Å²) in [6, 6.07) is 10.7. The van der Waals surface area contributed by atoms with Gasteiger partial charge in [0.25, 0.3) is 0 Å². The second-order valence-electron chi connectivity index (χ2n) is 11.3. The van der Waals surface area contributed by atoms with Crippen LogP contribution in [0.4, 0.5) is 9.18 Å². The summed E-state index contributed by atoms with van der Waals surface area (Å²) in [7, 11) is 0. The lowest BCUT2D eigenvalue weighted by Gasteiger charge is -2.35. The van der Waals surface area contributed by atoms with Gasteiger partial charge in [-0.3, -0.25) is 9.69 Å².